The molecule has 0 bridgehead atoms. The third kappa shape index (κ3) is 2.60. The van der Waals surface area contributed by atoms with Crippen LogP contribution in [-0.4, -0.2) is 21.3 Å². The van der Waals surface area contributed by atoms with E-state index in [4.69, 9.17) is 0 Å². The third-order valence-corrected chi connectivity index (χ3v) is 3.68. The fraction of sp³-hybridized carbons (Fsp3) is 0.312. The quantitative estimate of drug-likeness (QED) is 0.699. The maximum absolute atomic E-state index is 4.35. The predicted octanol–water partition coefficient (Wildman–Crippen LogP) is 2.54. The number of aryl methyl sites for hydroxylation is 2. The van der Waals surface area contributed by atoms with E-state index in [1.807, 2.05) is 11.7 Å². The van der Waals surface area contributed by atoms with Crippen LogP contribution in [0.15, 0.2) is 36.7 Å². The van der Waals surface area contributed by atoms with Crippen LogP contribution in [0, 0.1) is 6.92 Å². The summed E-state index contributed by atoms with van der Waals surface area (Å²) in [7, 11) is 1.96. The highest BCUT2D eigenvalue weighted by molar-refractivity contribution is 5.83. The standard InChI is InChI=1S/C16H20N4/c1-12-14(11-20(2)19-12)9-17-8-7-13-10-18-16-6-4-3-5-15(13)16/h3-6,10-11,17-18H,7-9H2,1-2H3. The molecule has 3 rings (SSSR count). The fourth-order valence-electron chi connectivity index (χ4n) is 2.61. The molecule has 3 aromatic rings. The molecule has 0 saturated carbocycles. The van der Waals surface area contributed by atoms with Crippen molar-refractivity contribution in [3.8, 4) is 0 Å². The van der Waals surface area contributed by atoms with E-state index in [1.54, 1.807) is 0 Å². The lowest BCUT2D eigenvalue weighted by Gasteiger charge is -2.03. The normalized spacial score (nSPS) is 11.3. The molecule has 2 heterocycles. The highest BCUT2D eigenvalue weighted by Crippen LogP contribution is 2.17. The van der Waals surface area contributed by atoms with Crippen molar-refractivity contribution in [3.63, 3.8) is 0 Å². The monoisotopic (exact) mass is 268 g/mol. The number of nitrogens with one attached hydrogen (secondary N) is 2. The molecule has 4 nitrogen and oxygen atoms in total. The number of hydrogen-bond donors (Lipinski definition) is 2. The van der Waals surface area contributed by atoms with E-state index in [0.717, 1.165) is 25.2 Å². The number of aromatic nitrogens is 3. The largest absolute Gasteiger partial charge is 0.361 e. The number of benzene rings is 1. The number of H-pyrrole nitrogens is 1. The average molecular weight is 268 g/mol. The van der Waals surface area contributed by atoms with Gasteiger partial charge in [0, 0.05) is 42.5 Å². The molecule has 4 heteroatoms. The van der Waals surface area contributed by atoms with Crippen LogP contribution in [0.3, 0.4) is 0 Å². The second-order valence-electron chi connectivity index (χ2n) is 5.20. The minimum atomic E-state index is 0.877. The van der Waals surface area contributed by atoms with E-state index >= 15 is 0 Å². The molecule has 2 aromatic heterocycles. The van der Waals surface area contributed by atoms with E-state index in [9.17, 15) is 0 Å². The maximum atomic E-state index is 4.35. The first-order valence-electron chi connectivity index (χ1n) is 6.99. The zero-order valence-electron chi connectivity index (χ0n) is 12.0. The van der Waals surface area contributed by atoms with Crippen LogP contribution in [0.4, 0.5) is 0 Å². The van der Waals surface area contributed by atoms with E-state index in [2.05, 4.69) is 59.0 Å². The third-order valence-electron chi connectivity index (χ3n) is 3.68. The first-order chi connectivity index (χ1) is 9.74. The predicted molar refractivity (Wildman–Crippen MR) is 81.7 cm³/mol. The van der Waals surface area contributed by atoms with Crippen molar-refractivity contribution in [3.05, 3.63) is 53.5 Å². The molecule has 0 atom stereocenters. The molecular formula is C16H20N4. The topological polar surface area (TPSA) is 45.6 Å². The highest BCUT2D eigenvalue weighted by atomic mass is 15.2. The number of aromatic amines is 1. The molecule has 104 valence electrons. The molecule has 0 unspecified atom stereocenters. The summed E-state index contributed by atoms with van der Waals surface area (Å²) in [6.07, 6.45) is 5.22. The SMILES string of the molecule is Cc1nn(C)cc1CNCCc1c[nH]c2ccccc12. The van der Waals surface area contributed by atoms with Crippen molar-refractivity contribution < 1.29 is 0 Å². The summed E-state index contributed by atoms with van der Waals surface area (Å²) in [5.41, 5.74) is 4.96. The van der Waals surface area contributed by atoms with Gasteiger partial charge in [-0.15, -0.1) is 0 Å². The van der Waals surface area contributed by atoms with Crippen LogP contribution < -0.4 is 5.32 Å². The Kier molecular flexibility index (Phi) is 3.56. The van der Waals surface area contributed by atoms with Gasteiger partial charge in [-0.2, -0.15) is 5.10 Å². The lowest BCUT2D eigenvalue weighted by molar-refractivity contribution is 0.685. The summed E-state index contributed by atoms with van der Waals surface area (Å²) in [5.74, 6) is 0. The van der Waals surface area contributed by atoms with Gasteiger partial charge in [-0.05, 0) is 31.5 Å². The van der Waals surface area contributed by atoms with Crippen molar-refractivity contribution in [2.45, 2.75) is 19.9 Å². The minimum Gasteiger partial charge on any atom is -0.361 e. The summed E-state index contributed by atoms with van der Waals surface area (Å²) in [6, 6.07) is 8.44. The molecule has 0 aliphatic carbocycles. The van der Waals surface area contributed by atoms with Gasteiger partial charge in [-0.25, -0.2) is 0 Å². The number of hydrogen-bond acceptors (Lipinski definition) is 2. The van der Waals surface area contributed by atoms with Crippen molar-refractivity contribution in [2.75, 3.05) is 6.54 Å². The number of nitrogens with zero attached hydrogens (tertiary/aromatic N) is 2. The minimum absolute atomic E-state index is 0.877. The van der Waals surface area contributed by atoms with Crippen LogP contribution >= 0.6 is 0 Å². The lowest BCUT2D eigenvalue weighted by atomic mass is 10.1. The molecule has 0 aliphatic rings. The Morgan fingerprint density at radius 3 is 2.90 bits per heavy atom. The van der Waals surface area contributed by atoms with Gasteiger partial charge in [0.15, 0.2) is 0 Å². The molecule has 2 N–H and O–H groups in total. The molecule has 0 saturated heterocycles. The molecule has 0 spiro atoms. The Labute approximate surface area is 118 Å². The van der Waals surface area contributed by atoms with Crippen LogP contribution in [0.2, 0.25) is 0 Å². The van der Waals surface area contributed by atoms with Gasteiger partial charge >= 0.3 is 0 Å². The summed E-state index contributed by atoms with van der Waals surface area (Å²) in [4.78, 5) is 3.32. The van der Waals surface area contributed by atoms with Gasteiger partial charge < -0.3 is 10.3 Å². The molecule has 0 fully saturated rings. The van der Waals surface area contributed by atoms with Gasteiger partial charge in [0.25, 0.3) is 0 Å². The Bertz CT molecular complexity index is 708. The van der Waals surface area contributed by atoms with Crippen molar-refractivity contribution >= 4 is 10.9 Å². The summed E-state index contributed by atoms with van der Waals surface area (Å²) in [5, 5.41) is 9.17. The first kappa shape index (κ1) is 12.9. The maximum Gasteiger partial charge on any atom is 0.0638 e. The zero-order valence-corrected chi connectivity index (χ0v) is 12.0. The Morgan fingerprint density at radius 2 is 2.10 bits per heavy atom. The Hall–Kier alpha value is -2.07. The van der Waals surface area contributed by atoms with Crippen molar-refractivity contribution in [1.29, 1.82) is 0 Å². The second kappa shape index (κ2) is 5.51. The Morgan fingerprint density at radius 1 is 1.25 bits per heavy atom. The smallest absolute Gasteiger partial charge is 0.0638 e. The summed E-state index contributed by atoms with van der Waals surface area (Å²) >= 11 is 0. The highest BCUT2D eigenvalue weighted by Gasteiger charge is 2.04. The van der Waals surface area contributed by atoms with Crippen LogP contribution in [0.25, 0.3) is 10.9 Å². The van der Waals surface area contributed by atoms with Crippen LogP contribution in [0.1, 0.15) is 16.8 Å². The van der Waals surface area contributed by atoms with Crippen LogP contribution in [0.5, 0.6) is 0 Å². The molecule has 20 heavy (non-hydrogen) atoms. The number of para-hydroxylation sites is 1. The first-order valence-corrected chi connectivity index (χ1v) is 6.99. The molecule has 0 radical (unpaired) electrons. The second-order valence-corrected chi connectivity index (χ2v) is 5.20. The summed E-state index contributed by atoms with van der Waals surface area (Å²) < 4.78 is 1.87. The van der Waals surface area contributed by atoms with Crippen molar-refractivity contribution in [1.82, 2.24) is 20.1 Å². The molecule has 0 aliphatic heterocycles. The van der Waals surface area contributed by atoms with Gasteiger partial charge in [-0.1, -0.05) is 18.2 Å². The van der Waals surface area contributed by atoms with Crippen molar-refractivity contribution in [2.24, 2.45) is 7.05 Å². The van der Waals surface area contributed by atoms with Gasteiger partial charge in [0.2, 0.25) is 0 Å². The lowest BCUT2D eigenvalue weighted by Crippen LogP contribution is -2.16. The fourth-order valence-corrected chi connectivity index (χ4v) is 2.61. The van der Waals surface area contributed by atoms with E-state index in [-0.39, 0.29) is 0 Å². The molecule has 0 amide bonds. The number of fused-ring (bicyclic) bond motifs is 1. The Balaban J connectivity index is 1.56. The van der Waals surface area contributed by atoms with Gasteiger partial charge in [0.05, 0.1) is 5.69 Å². The van der Waals surface area contributed by atoms with E-state index < -0.39 is 0 Å². The average Bonchev–Trinajstić information content (AvgIpc) is 2.99. The van der Waals surface area contributed by atoms with Gasteiger partial charge in [0.1, 0.15) is 0 Å². The van der Waals surface area contributed by atoms with Crippen LogP contribution in [-0.2, 0) is 20.0 Å². The molecule has 1 aromatic carbocycles. The van der Waals surface area contributed by atoms with E-state index in [0.29, 0.717) is 0 Å². The van der Waals surface area contributed by atoms with Gasteiger partial charge in [-0.3, -0.25) is 4.68 Å². The number of rotatable bonds is 5. The molecular weight excluding hydrogens is 248 g/mol. The van der Waals surface area contributed by atoms with E-state index in [1.165, 1.54) is 22.0 Å². The summed E-state index contributed by atoms with van der Waals surface area (Å²) in [6.45, 7) is 3.90. The zero-order chi connectivity index (χ0) is 13.9.